The number of unbranched alkanes of at least 4 members (excludes halogenated alkanes) is 13. The summed E-state index contributed by atoms with van der Waals surface area (Å²) in [5.41, 5.74) is 0. The largest absolute Gasteiger partial charge is 0.353 e. The van der Waals surface area contributed by atoms with E-state index in [0.717, 1.165) is 51.7 Å². The molecule has 0 fully saturated rings. The Balaban J connectivity index is 3.63. The summed E-state index contributed by atoms with van der Waals surface area (Å²) in [6.07, 6.45) is 28.1. The van der Waals surface area contributed by atoms with Gasteiger partial charge in [0.1, 0.15) is 6.10 Å². The molecule has 198 valence electrons. The van der Waals surface area contributed by atoms with Gasteiger partial charge >= 0.3 is 0 Å². The second kappa shape index (κ2) is 27.8. The topological polar surface area (TPSA) is 36.9 Å². The number of allylic oxidation sites excluding steroid dienone is 1. The SMILES string of the molecule is CCCCCOC(CCCCCCCCCCCC=CC(CCC)OOC)OCCCCC. The summed E-state index contributed by atoms with van der Waals surface area (Å²) in [5.74, 6) is 0. The summed E-state index contributed by atoms with van der Waals surface area (Å²) in [5, 5.41) is 0. The Labute approximate surface area is 207 Å². The van der Waals surface area contributed by atoms with Crippen LogP contribution in [-0.2, 0) is 19.2 Å². The zero-order chi connectivity index (χ0) is 24.2. The van der Waals surface area contributed by atoms with Gasteiger partial charge in [0.15, 0.2) is 6.29 Å². The van der Waals surface area contributed by atoms with Gasteiger partial charge in [-0.2, -0.15) is 0 Å². The van der Waals surface area contributed by atoms with Crippen molar-refractivity contribution < 1.29 is 19.2 Å². The van der Waals surface area contributed by atoms with Gasteiger partial charge in [-0.05, 0) is 44.9 Å². The van der Waals surface area contributed by atoms with Crippen molar-refractivity contribution in [3.8, 4) is 0 Å². The lowest BCUT2D eigenvalue weighted by atomic mass is 10.1. The molecule has 0 amide bonds. The van der Waals surface area contributed by atoms with Crippen LogP contribution in [0, 0.1) is 0 Å². The van der Waals surface area contributed by atoms with Crippen LogP contribution in [0.15, 0.2) is 12.2 Å². The minimum absolute atomic E-state index is 0.0195. The molecule has 0 N–H and O–H groups in total. The highest BCUT2D eigenvalue weighted by Crippen LogP contribution is 2.15. The highest BCUT2D eigenvalue weighted by Gasteiger charge is 2.09. The van der Waals surface area contributed by atoms with Gasteiger partial charge in [0.05, 0.1) is 7.11 Å². The Morgan fingerprint density at radius 3 is 1.64 bits per heavy atom. The minimum Gasteiger partial charge on any atom is -0.353 e. The fourth-order valence-electron chi connectivity index (χ4n) is 3.99. The van der Waals surface area contributed by atoms with E-state index in [2.05, 4.69) is 32.9 Å². The van der Waals surface area contributed by atoms with Crippen LogP contribution in [0.5, 0.6) is 0 Å². The molecule has 4 nitrogen and oxygen atoms in total. The molecule has 0 aromatic rings. The Kier molecular flexibility index (Phi) is 27.5. The Hall–Kier alpha value is -0.420. The van der Waals surface area contributed by atoms with Crippen LogP contribution >= 0.6 is 0 Å². The third-order valence-corrected chi connectivity index (χ3v) is 6.06. The van der Waals surface area contributed by atoms with Gasteiger partial charge in [0, 0.05) is 13.2 Å². The van der Waals surface area contributed by atoms with Gasteiger partial charge in [0.25, 0.3) is 0 Å². The first-order chi connectivity index (χ1) is 16.3. The Bertz CT molecular complexity index is 368. The predicted molar refractivity (Wildman–Crippen MR) is 141 cm³/mol. The first-order valence-corrected chi connectivity index (χ1v) is 14.4. The molecule has 0 aliphatic rings. The molecule has 0 aromatic heterocycles. The second-order valence-corrected chi connectivity index (χ2v) is 9.36. The molecule has 0 aromatic carbocycles. The molecule has 0 saturated heterocycles. The maximum absolute atomic E-state index is 6.02. The van der Waals surface area contributed by atoms with E-state index >= 15 is 0 Å². The molecule has 0 heterocycles. The van der Waals surface area contributed by atoms with Crippen LogP contribution in [-0.4, -0.2) is 32.7 Å². The molecule has 0 aliphatic heterocycles. The molecular weight excluding hydrogens is 412 g/mol. The molecule has 33 heavy (non-hydrogen) atoms. The molecule has 0 saturated carbocycles. The number of hydrogen-bond donors (Lipinski definition) is 0. The van der Waals surface area contributed by atoms with E-state index in [1.165, 1.54) is 83.5 Å². The number of hydrogen-bond acceptors (Lipinski definition) is 4. The second-order valence-electron chi connectivity index (χ2n) is 9.36. The molecule has 1 atom stereocenters. The Morgan fingerprint density at radius 2 is 1.12 bits per heavy atom. The normalized spacial score (nSPS) is 12.9. The standard InChI is InChI=1S/C29H58O4/c1-5-8-21-26-31-29(32-27-22-9-6-2)25-20-18-16-14-12-10-11-13-15-17-19-24-28(23-7-3)33-30-4/h19,24,28-29H,5-18,20-23,25-27H2,1-4H3. The summed E-state index contributed by atoms with van der Waals surface area (Å²) in [7, 11) is 1.58. The van der Waals surface area contributed by atoms with Crippen molar-refractivity contribution in [2.45, 2.75) is 155 Å². The molecule has 4 heteroatoms. The van der Waals surface area contributed by atoms with Crippen molar-refractivity contribution >= 4 is 0 Å². The van der Waals surface area contributed by atoms with E-state index in [1.54, 1.807) is 7.11 Å². The van der Waals surface area contributed by atoms with Crippen molar-refractivity contribution in [1.82, 2.24) is 0 Å². The quantitative estimate of drug-likeness (QED) is 0.0394. The average Bonchev–Trinajstić information content (AvgIpc) is 2.82. The molecule has 0 rings (SSSR count). The summed E-state index contributed by atoms with van der Waals surface area (Å²) in [4.78, 5) is 10.1. The average molecular weight is 471 g/mol. The molecule has 0 spiro atoms. The molecule has 0 aliphatic carbocycles. The van der Waals surface area contributed by atoms with Crippen LogP contribution < -0.4 is 0 Å². The monoisotopic (exact) mass is 470 g/mol. The Morgan fingerprint density at radius 1 is 0.576 bits per heavy atom. The predicted octanol–water partition coefficient (Wildman–Crippen LogP) is 9.32. The van der Waals surface area contributed by atoms with Crippen LogP contribution in [0.1, 0.15) is 143 Å². The third kappa shape index (κ3) is 24.5. The number of ether oxygens (including phenoxy) is 2. The number of rotatable bonds is 27. The van der Waals surface area contributed by atoms with Gasteiger partial charge < -0.3 is 9.47 Å². The maximum atomic E-state index is 6.02. The summed E-state index contributed by atoms with van der Waals surface area (Å²) in [6.45, 7) is 8.34. The van der Waals surface area contributed by atoms with Crippen molar-refractivity contribution in [3.05, 3.63) is 12.2 Å². The van der Waals surface area contributed by atoms with Crippen LogP contribution in [0.4, 0.5) is 0 Å². The molecule has 0 radical (unpaired) electrons. The van der Waals surface area contributed by atoms with E-state index in [1.807, 2.05) is 0 Å². The first kappa shape index (κ1) is 32.6. The maximum Gasteiger partial charge on any atom is 0.157 e. The lowest BCUT2D eigenvalue weighted by Gasteiger charge is -2.18. The van der Waals surface area contributed by atoms with Gasteiger partial charge in [-0.3, -0.25) is 0 Å². The highest BCUT2D eigenvalue weighted by molar-refractivity contribution is 4.88. The first-order valence-electron chi connectivity index (χ1n) is 14.4. The van der Waals surface area contributed by atoms with Crippen molar-refractivity contribution in [2.75, 3.05) is 20.3 Å². The zero-order valence-electron chi connectivity index (χ0n) is 22.8. The van der Waals surface area contributed by atoms with Crippen LogP contribution in [0.2, 0.25) is 0 Å². The summed E-state index contributed by atoms with van der Waals surface area (Å²) < 4.78 is 12.0. The van der Waals surface area contributed by atoms with Gasteiger partial charge in [0.2, 0.25) is 0 Å². The van der Waals surface area contributed by atoms with Crippen molar-refractivity contribution in [3.63, 3.8) is 0 Å². The van der Waals surface area contributed by atoms with Crippen LogP contribution in [0.25, 0.3) is 0 Å². The molecule has 0 bridgehead atoms. The van der Waals surface area contributed by atoms with Gasteiger partial charge in [-0.25, -0.2) is 9.78 Å². The fraction of sp³-hybridized carbons (Fsp3) is 0.931. The van der Waals surface area contributed by atoms with Crippen LogP contribution in [0.3, 0.4) is 0 Å². The van der Waals surface area contributed by atoms with Gasteiger partial charge in [-0.15, -0.1) is 0 Å². The lowest BCUT2D eigenvalue weighted by Crippen LogP contribution is -2.19. The van der Waals surface area contributed by atoms with Crippen molar-refractivity contribution in [2.24, 2.45) is 0 Å². The lowest BCUT2D eigenvalue weighted by molar-refractivity contribution is -0.294. The summed E-state index contributed by atoms with van der Waals surface area (Å²) >= 11 is 0. The van der Waals surface area contributed by atoms with E-state index in [9.17, 15) is 0 Å². The van der Waals surface area contributed by atoms with E-state index in [-0.39, 0.29) is 12.4 Å². The summed E-state index contributed by atoms with van der Waals surface area (Å²) in [6, 6.07) is 0. The van der Waals surface area contributed by atoms with Gasteiger partial charge in [-0.1, -0.05) is 110 Å². The molecule has 1 unspecified atom stereocenters. The third-order valence-electron chi connectivity index (χ3n) is 6.06. The smallest absolute Gasteiger partial charge is 0.157 e. The zero-order valence-corrected chi connectivity index (χ0v) is 22.8. The van der Waals surface area contributed by atoms with E-state index in [0.29, 0.717) is 0 Å². The van der Waals surface area contributed by atoms with Crippen molar-refractivity contribution in [1.29, 1.82) is 0 Å². The minimum atomic E-state index is 0.0195. The highest BCUT2D eigenvalue weighted by atomic mass is 17.2. The fourth-order valence-corrected chi connectivity index (χ4v) is 3.99. The van der Waals surface area contributed by atoms with E-state index in [4.69, 9.17) is 19.2 Å². The van der Waals surface area contributed by atoms with E-state index < -0.39 is 0 Å². The molecular formula is C29H58O4.